The van der Waals surface area contributed by atoms with E-state index in [-0.39, 0.29) is 0 Å². The van der Waals surface area contributed by atoms with Gasteiger partial charge in [-0.05, 0) is 26.0 Å². The third-order valence-corrected chi connectivity index (χ3v) is 3.76. The third-order valence-electron chi connectivity index (χ3n) is 2.94. The first-order chi connectivity index (χ1) is 9.40. The number of rotatable bonds is 3. The van der Waals surface area contributed by atoms with Crippen LogP contribution in [0, 0.1) is 13.8 Å². The Morgan fingerprint density at radius 2 is 1.80 bits per heavy atom. The maximum atomic E-state index is 6.06. The van der Waals surface area contributed by atoms with Gasteiger partial charge in [-0.15, -0.1) is 0 Å². The summed E-state index contributed by atoms with van der Waals surface area (Å²) in [5.41, 5.74) is 6.25. The molecule has 0 radical (unpaired) electrons. The zero-order chi connectivity index (χ0) is 14.9. The Kier molecular flexibility index (Phi) is 4.58. The van der Waals surface area contributed by atoms with Crippen LogP contribution in [0.1, 0.15) is 17.0 Å². The molecule has 1 aromatic heterocycles. The Morgan fingerprint density at radius 1 is 1.20 bits per heavy atom. The monoisotopic (exact) mass is 330 g/mol. The fourth-order valence-corrected chi connectivity index (χ4v) is 2.69. The molecule has 4 nitrogen and oxygen atoms in total. The van der Waals surface area contributed by atoms with Crippen molar-refractivity contribution in [1.82, 2.24) is 9.78 Å². The fraction of sp³-hybridized carbons (Fsp3) is 0.231. The highest BCUT2D eigenvalue weighted by molar-refractivity contribution is 6.41. The van der Waals surface area contributed by atoms with Gasteiger partial charge in [-0.2, -0.15) is 10.2 Å². The third kappa shape index (κ3) is 3.08. The lowest BCUT2D eigenvalue weighted by Crippen LogP contribution is -1.96. The molecule has 0 aliphatic carbocycles. The molecular formula is C13H13Cl3N4. The SMILES string of the molecule is Cc1nn(C)c(C)c1/C=N/Nc1c(Cl)cc(Cl)cc1Cl. The molecule has 0 atom stereocenters. The van der Waals surface area contributed by atoms with Crippen molar-refractivity contribution in [2.24, 2.45) is 12.1 Å². The second kappa shape index (κ2) is 6.04. The zero-order valence-electron chi connectivity index (χ0n) is 11.2. The van der Waals surface area contributed by atoms with E-state index in [1.165, 1.54) is 0 Å². The van der Waals surface area contributed by atoms with Gasteiger partial charge >= 0.3 is 0 Å². The summed E-state index contributed by atoms with van der Waals surface area (Å²) in [5, 5.41) is 9.78. The van der Waals surface area contributed by atoms with Crippen molar-refractivity contribution in [3.63, 3.8) is 0 Å². The Morgan fingerprint density at radius 3 is 2.30 bits per heavy atom. The highest BCUT2D eigenvalue weighted by atomic mass is 35.5. The molecule has 1 N–H and O–H groups in total. The molecule has 2 aromatic rings. The van der Waals surface area contributed by atoms with Crippen LogP contribution < -0.4 is 5.43 Å². The Hall–Kier alpha value is -1.23. The van der Waals surface area contributed by atoms with Crippen LogP contribution in [0.15, 0.2) is 17.2 Å². The lowest BCUT2D eigenvalue weighted by Gasteiger charge is -2.06. The van der Waals surface area contributed by atoms with Crippen molar-refractivity contribution in [3.8, 4) is 0 Å². The van der Waals surface area contributed by atoms with Gasteiger partial charge in [0.05, 0.1) is 27.6 Å². The van der Waals surface area contributed by atoms with Crippen LogP contribution in [0.5, 0.6) is 0 Å². The van der Waals surface area contributed by atoms with E-state index < -0.39 is 0 Å². The summed E-state index contributed by atoms with van der Waals surface area (Å²) in [6.07, 6.45) is 1.69. The van der Waals surface area contributed by atoms with Crippen LogP contribution >= 0.6 is 34.8 Å². The van der Waals surface area contributed by atoms with E-state index in [2.05, 4.69) is 15.6 Å². The number of aromatic nitrogens is 2. The zero-order valence-corrected chi connectivity index (χ0v) is 13.5. The van der Waals surface area contributed by atoms with Crippen molar-refractivity contribution < 1.29 is 0 Å². The second-order valence-corrected chi connectivity index (χ2v) is 5.57. The fourth-order valence-electron chi connectivity index (χ4n) is 1.79. The maximum Gasteiger partial charge on any atom is 0.0935 e. The van der Waals surface area contributed by atoms with Gasteiger partial charge in [0.1, 0.15) is 0 Å². The van der Waals surface area contributed by atoms with E-state index in [0.29, 0.717) is 20.8 Å². The number of nitrogens with zero attached hydrogens (tertiary/aromatic N) is 3. The summed E-state index contributed by atoms with van der Waals surface area (Å²) in [6.45, 7) is 3.90. The Labute approximate surface area is 132 Å². The van der Waals surface area contributed by atoms with Crippen LogP contribution in [-0.4, -0.2) is 16.0 Å². The smallest absolute Gasteiger partial charge is 0.0935 e. The van der Waals surface area contributed by atoms with Gasteiger partial charge in [0.15, 0.2) is 0 Å². The number of hydrogen-bond acceptors (Lipinski definition) is 3. The number of halogens is 3. The van der Waals surface area contributed by atoms with E-state index in [4.69, 9.17) is 34.8 Å². The topological polar surface area (TPSA) is 42.2 Å². The van der Waals surface area contributed by atoms with Crippen LogP contribution in [-0.2, 0) is 7.05 Å². The minimum Gasteiger partial charge on any atom is -0.275 e. The molecule has 0 bridgehead atoms. The summed E-state index contributed by atoms with van der Waals surface area (Å²) in [7, 11) is 1.89. The summed E-state index contributed by atoms with van der Waals surface area (Å²) in [6, 6.07) is 3.21. The standard InChI is InChI=1S/C13H13Cl3N4/c1-7-10(8(2)20(3)19-7)6-17-18-13-11(15)4-9(14)5-12(13)16/h4-6,18H,1-3H3/b17-6+. The molecule has 0 spiro atoms. The lowest BCUT2D eigenvalue weighted by atomic mass is 10.2. The van der Waals surface area contributed by atoms with Gasteiger partial charge in [0, 0.05) is 23.3 Å². The maximum absolute atomic E-state index is 6.06. The number of benzene rings is 1. The first-order valence-electron chi connectivity index (χ1n) is 5.84. The minimum atomic E-state index is 0.416. The van der Waals surface area contributed by atoms with E-state index in [1.54, 1.807) is 23.0 Å². The van der Waals surface area contributed by atoms with Gasteiger partial charge in [-0.3, -0.25) is 10.1 Å². The van der Waals surface area contributed by atoms with Crippen molar-refractivity contribution in [2.75, 3.05) is 5.43 Å². The highest BCUT2D eigenvalue weighted by Gasteiger charge is 2.08. The molecule has 0 fully saturated rings. The number of anilines is 1. The predicted octanol–water partition coefficient (Wildman–Crippen LogP) is 4.44. The predicted molar refractivity (Wildman–Crippen MR) is 85.4 cm³/mol. The molecule has 1 aromatic carbocycles. The number of hydrogen-bond donors (Lipinski definition) is 1. The van der Waals surface area contributed by atoms with Gasteiger partial charge in [0.2, 0.25) is 0 Å². The molecular weight excluding hydrogens is 319 g/mol. The Bertz CT molecular complexity index is 653. The number of nitrogens with one attached hydrogen (secondary N) is 1. The van der Waals surface area contributed by atoms with E-state index in [0.717, 1.165) is 17.0 Å². The molecule has 0 aliphatic heterocycles. The van der Waals surface area contributed by atoms with Gasteiger partial charge in [-0.25, -0.2) is 0 Å². The first-order valence-corrected chi connectivity index (χ1v) is 6.97. The van der Waals surface area contributed by atoms with Gasteiger partial charge in [0.25, 0.3) is 0 Å². The summed E-state index contributed by atoms with van der Waals surface area (Å²) >= 11 is 18.0. The van der Waals surface area contributed by atoms with E-state index in [1.807, 2.05) is 20.9 Å². The molecule has 0 amide bonds. The molecule has 7 heteroatoms. The van der Waals surface area contributed by atoms with Gasteiger partial charge in [-0.1, -0.05) is 34.8 Å². The summed E-state index contributed by atoms with van der Waals surface area (Å²) < 4.78 is 1.80. The second-order valence-electron chi connectivity index (χ2n) is 4.32. The van der Waals surface area contributed by atoms with Crippen molar-refractivity contribution >= 4 is 46.7 Å². The van der Waals surface area contributed by atoms with Crippen molar-refractivity contribution in [1.29, 1.82) is 0 Å². The van der Waals surface area contributed by atoms with Crippen LogP contribution in [0.4, 0.5) is 5.69 Å². The normalized spacial score (nSPS) is 11.3. The number of aryl methyl sites for hydroxylation is 2. The molecule has 2 rings (SSSR count). The first kappa shape index (κ1) is 15.2. The molecule has 0 saturated heterocycles. The van der Waals surface area contributed by atoms with E-state index in [9.17, 15) is 0 Å². The average molecular weight is 332 g/mol. The van der Waals surface area contributed by atoms with Crippen LogP contribution in [0.2, 0.25) is 15.1 Å². The van der Waals surface area contributed by atoms with Crippen LogP contribution in [0.25, 0.3) is 0 Å². The quantitative estimate of drug-likeness (QED) is 0.667. The average Bonchev–Trinajstić information content (AvgIpc) is 2.58. The molecule has 20 heavy (non-hydrogen) atoms. The largest absolute Gasteiger partial charge is 0.275 e. The van der Waals surface area contributed by atoms with Gasteiger partial charge < -0.3 is 0 Å². The minimum absolute atomic E-state index is 0.416. The molecule has 1 heterocycles. The molecule has 0 aliphatic rings. The number of hydrazone groups is 1. The van der Waals surface area contributed by atoms with E-state index >= 15 is 0 Å². The lowest BCUT2D eigenvalue weighted by molar-refractivity contribution is 0.731. The van der Waals surface area contributed by atoms with Crippen LogP contribution in [0.3, 0.4) is 0 Å². The van der Waals surface area contributed by atoms with Crippen molar-refractivity contribution in [2.45, 2.75) is 13.8 Å². The summed E-state index contributed by atoms with van der Waals surface area (Å²) in [5.74, 6) is 0. The Balaban J connectivity index is 2.23. The molecule has 106 valence electrons. The molecule has 0 saturated carbocycles. The molecule has 0 unspecified atom stereocenters. The van der Waals surface area contributed by atoms with Crippen molar-refractivity contribution in [3.05, 3.63) is 44.2 Å². The highest BCUT2D eigenvalue weighted by Crippen LogP contribution is 2.33. The summed E-state index contributed by atoms with van der Waals surface area (Å²) in [4.78, 5) is 0.